The molecule has 0 radical (unpaired) electrons. The van der Waals surface area contributed by atoms with Gasteiger partial charge in [-0.1, -0.05) is 0 Å². The molecule has 0 aromatic heterocycles. The van der Waals surface area contributed by atoms with Crippen molar-refractivity contribution in [2.24, 2.45) is 0 Å². The summed E-state index contributed by atoms with van der Waals surface area (Å²) in [6.45, 7) is 1.76. The number of hydrogen-bond acceptors (Lipinski definition) is 4. The van der Waals surface area contributed by atoms with Gasteiger partial charge in [-0.25, -0.2) is 0 Å². The fourth-order valence-corrected chi connectivity index (χ4v) is 2.84. The number of phenols is 2. The van der Waals surface area contributed by atoms with Gasteiger partial charge < -0.3 is 15.3 Å². The van der Waals surface area contributed by atoms with Gasteiger partial charge in [0.05, 0.1) is 11.7 Å². The van der Waals surface area contributed by atoms with E-state index in [2.05, 4.69) is 0 Å². The van der Waals surface area contributed by atoms with Crippen LogP contribution in [0.15, 0.2) is 18.2 Å². The predicted octanol–water partition coefficient (Wildman–Crippen LogP) is 2.57. The van der Waals surface area contributed by atoms with Crippen molar-refractivity contribution in [1.82, 2.24) is 0 Å². The highest BCUT2D eigenvalue weighted by Gasteiger charge is 2.28. The predicted molar refractivity (Wildman–Crippen MR) is 70.5 cm³/mol. The summed E-state index contributed by atoms with van der Waals surface area (Å²) >= 11 is 0. The van der Waals surface area contributed by atoms with Crippen molar-refractivity contribution in [3.63, 3.8) is 0 Å². The van der Waals surface area contributed by atoms with E-state index in [4.69, 9.17) is 0 Å². The number of phenolic OH excluding ortho intramolecular Hbond substituents is 2. The Kier molecular flexibility index (Phi) is 2.50. The molecule has 1 aliphatic carbocycles. The molecule has 3 rings (SSSR count). The summed E-state index contributed by atoms with van der Waals surface area (Å²) in [5.41, 5.74) is 1.37. The quantitative estimate of drug-likeness (QED) is 0.678. The molecule has 0 unspecified atom stereocenters. The van der Waals surface area contributed by atoms with Crippen LogP contribution in [-0.4, -0.2) is 21.1 Å². The third kappa shape index (κ3) is 1.68. The number of benzene rings is 2. The Morgan fingerprint density at radius 2 is 1.95 bits per heavy atom. The lowest BCUT2D eigenvalue weighted by molar-refractivity contribution is 0.0893. The van der Waals surface area contributed by atoms with Crippen molar-refractivity contribution in [3.8, 4) is 11.5 Å². The number of hydrogen-bond donors (Lipinski definition) is 3. The Morgan fingerprint density at radius 3 is 2.68 bits per heavy atom. The van der Waals surface area contributed by atoms with Gasteiger partial charge in [0.2, 0.25) is 0 Å². The van der Waals surface area contributed by atoms with E-state index in [0.29, 0.717) is 28.3 Å². The molecular formula is C15H14O4. The van der Waals surface area contributed by atoms with Gasteiger partial charge in [0, 0.05) is 11.8 Å². The number of aliphatic hydroxyl groups is 1. The standard InChI is InChI=1S/C15H14O4/c1-7-4-9(16)5-8-6-10-11(17)2-3-12(18)14(10)15(19)13(7)8/h4-6,11,16-17,19H,2-3H2,1H3/t11-/m0/s1. The Balaban J connectivity index is 2.45. The van der Waals surface area contributed by atoms with Crippen LogP contribution in [0.1, 0.15) is 40.4 Å². The molecule has 0 saturated carbocycles. The van der Waals surface area contributed by atoms with Gasteiger partial charge in [0.1, 0.15) is 11.5 Å². The highest BCUT2D eigenvalue weighted by Crippen LogP contribution is 2.41. The molecule has 0 spiro atoms. The van der Waals surface area contributed by atoms with E-state index in [9.17, 15) is 20.1 Å². The third-order valence-corrected chi connectivity index (χ3v) is 3.71. The van der Waals surface area contributed by atoms with Crippen molar-refractivity contribution in [1.29, 1.82) is 0 Å². The fourth-order valence-electron chi connectivity index (χ4n) is 2.84. The Labute approximate surface area is 109 Å². The molecule has 0 fully saturated rings. The van der Waals surface area contributed by atoms with E-state index >= 15 is 0 Å². The second kappa shape index (κ2) is 3.96. The minimum Gasteiger partial charge on any atom is -0.508 e. The number of aromatic hydroxyl groups is 2. The number of aliphatic hydroxyl groups excluding tert-OH is 1. The maximum Gasteiger partial charge on any atom is 0.167 e. The van der Waals surface area contributed by atoms with Crippen LogP contribution in [-0.2, 0) is 0 Å². The van der Waals surface area contributed by atoms with Crippen molar-refractivity contribution in [2.45, 2.75) is 25.9 Å². The summed E-state index contributed by atoms with van der Waals surface area (Å²) in [5.74, 6) is -0.137. The number of fused-ring (bicyclic) bond motifs is 2. The summed E-state index contributed by atoms with van der Waals surface area (Å²) < 4.78 is 0. The van der Waals surface area contributed by atoms with Crippen LogP contribution in [0.5, 0.6) is 11.5 Å². The average Bonchev–Trinajstić information content (AvgIpc) is 2.32. The van der Waals surface area contributed by atoms with Gasteiger partial charge in [-0.05, 0) is 48.1 Å². The molecule has 0 bridgehead atoms. The average molecular weight is 258 g/mol. The molecule has 1 atom stereocenters. The molecular weight excluding hydrogens is 244 g/mol. The van der Waals surface area contributed by atoms with Crippen LogP contribution in [0.2, 0.25) is 0 Å². The maximum atomic E-state index is 12.0. The van der Waals surface area contributed by atoms with Crippen LogP contribution in [0.4, 0.5) is 0 Å². The monoisotopic (exact) mass is 258 g/mol. The zero-order valence-electron chi connectivity index (χ0n) is 10.5. The molecule has 0 saturated heterocycles. The normalized spacial score (nSPS) is 18.6. The first kappa shape index (κ1) is 12.0. The molecule has 2 aromatic carbocycles. The van der Waals surface area contributed by atoms with E-state index in [0.717, 1.165) is 0 Å². The van der Waals surface area contributed by atoms with Gasteiger partial charge in [-0.3, -0.25) is 4.79 Å². The zero-order chi connectivity index (χ0) is 13.7. The third-order valence-electron chi connectivity index (χ3n) is 3.71. The summed E-state index contributed by atoms with van der Waals surface area (Å²) in [5, 5.41) is 31.1. The summed E-state index contributed by atoms with van der Waals surface area (Å²) in [7, 11) is 0. The second-order valence-electron chi connectivity index (χ2n) is 5.03. The van der Waals surface area contributed by atoms with Crippen molar-refractivity contribution in [3.05, 3.63) is 34.9 Å². The van der Waals surface area contributed by atoms with Crippen LogP contribution in [0.3, 0.4) is 0 Å². The molecule has 4 nitrogen and oxygen atoms in total. The van der Waals surface area contributed by atoms with Gasteiger partial charge >= 0.3 is 0 Å². The van der Waals surface area contributed by atoms with Crippen LogP contribution in [0.25, 0.3) is 10.8 Å². The molecule has 0 amide bonds. The molecule has 19 heavy (non-hydrogen) atoms. The smallest absolute Gasteiger partial charge is 0.167 e. The van der Waals surface area contributed by atoms with Gasteiger partial charge in [-0.2, -0.15) is 0 Å². The van der Waals surface area contributed by atoms with Crippen LogP contribution >= 0.6 is 0 Å². The Hall–Kier alpha value is -2.07. The SMILES string of the molecule is Cc1cc(O)cc2cc3c(c(O)c12)C(=O)CC[C@@H]3O. The summed E-state index contributed by atoms with van der Waals surface area (Å²) in [6.07, 6.45) is -0.135. The van der Waals surface area contributed by atoms with Crippen LogP contribution < -0.4 is 0 Å². The Morgan fingerprint density at radius 1 is 1.21 bits per heavy atom. The maximum absolute atomic E-state index is 12.0. The first-order chi connectivity index (χ1) is 8.99. The minimum absolute atomic E-state index is 0.0891. The van der Waals surface area contributed by atoms with Gasteiger partial charge in [0.15, 0.2) is 5.78 Å². The molecule has 4 heteroatoms. The zero-order valence-corrected chi connectivity index (χ0v) is 10.5. The second-order valence-corrected chi connectivity index (χ2v) is 5.03. The first-order valence-corrected chi connectivity index (χ1v) is 6.19. The fraction of sp³-hybridized carbons (Fsp3) is 0.267. The number of aryl methyl sites for hydroxylation is 1. The van der Waals surface area contributed by atoms with Gasteiger partial charge in [-0.15, -0.1) is 0 Å². The van der Waals surface area contributed by atoms with E-state index in [1.807, 2.05) is 0 Å². The van der Waals surface area contributed by atoms with E-state index in [1.165, 1.54) is 12.1 Å². The number of Topliss-reactive ketones (excluding diaryl/α,β-unsaturated/α-hetero) is 1. The summed E-state index contributed by atoms with van der Waals surface area (Å²) in [6, 6.07) is 4.74. The van der Waals surface area contributed by atoms with Crippen LogP contribution in [0, 0.1) is 6.92 Å². The molecule has 98 valence electrons. The van der Waals surface area contributed by atoms with E-state index < -0.39 is 6.10 Å². The molecule has 0 heterocycles. The first-order valence-electron chi connectivity index (χ1n) is 6.19. The lowest BCUT2D eigenvalue weighted by atomic mass is 9.85. The number of ketones is 1. The molecule has 3 N–H and O–H groups in total. The van der Waals surface area contributed by atoms with Crippen molar-refractivity contribution in [2.75, 3.05) is 0 Å². The van der Waals surface area contributed by atoms with E-state index in [1.54, 1.807) is 13.0 Å². The molecule has 2 aromatic rings. The highest BCUT2D eigenvalue weighted by molar-refractivity contribution is 6.08. The highest BCUT2D eigenvalue weighted by atomic mass is 16.3. The van der Waals surface area contributed by atoms with Crippen molar-refractivity contribution < 1.29 is 20.1 Å². The molecule has 1 aliphatic rings. The molecule has 0 aliphatic heterocycles. The van der Waals surface area contributed by atoms with Gasteiger partial charge in [0.25, 0.3) is 0 Å². The minimum atomic E-state index is -0.745. The lowest BCUT2D eigenvalue weighted by Gasteiger charge is -2.23. The largest absolute Gasteiger partial charge is 0.508 e. The topological polar surface area (TPSA) is 77.8 Å². The van der Waals surface area contributed by atoms with Crippen molar-refractivity contribution >= 4 is 16.6 Å². The number of carbonyl (C=O) groups excluding carboxylic acids is 1. The number of carbonyl (C=O) groups is 1. The number of rotatable bonds is 0. The lowest BCUT2D eigenvalue weighted by Crippen LogP contribution is -2.15. The Bertz CT molecular complexity index is 703. The summed E-state index contributed by atoms with van der Waals surface area (Å²) in [4.78, 5) is 12.0. The van der Waals surface area contributed by atoms with E-state index in [-0.39, 0.29) is 29.3 Å².